The second-order valence-electron chi connectivity index (χ2n) is 4.37. The average Bonchev–Trinajstić information content (AvgIpc) is 2.71. The summed E-state index contributed by atoms with van der Waals surface area (Å²) in [5.41, 5.74) is 2.17. The topological polar surface area (TPSA) is 34.1 Å². The van der Waals surface area contributed by atoms with Crippen LogP contribution in [-0.2, 0) is 0 Å². The average molecular weight is 262 g/mol. The van der Waals surface area contributed by atoms with Gasteiger partial charge in [-0.05, 0) is 45.0 Å². The normalized spacial score (nSPS) is 10.7. The molecule has 0 saturated carbocycles. The first-order valence-corrected chi connectivity index (χ1v) is 6.84. The van der Waals surface area contributed by atoms with E-state index < -0.39 is 0 Å². The summed E-state index contributed by atoms with van der Waals surface area (Å²) < 4.78 is 5.63. The van der Waals surface area contributed by atoms with Crippen LogP contribution in [0.1, 0.15) is 19.5 Å². The van der Waals surface area contributed by atoms with Gasteiger partial charge in [0.05, 0.1) is 11.8 Å². The van der Waals surface area contributed by atoms with E-state index in [4.69, 9.17) is 4.74 Å². The van der Waals surface area contributed by atoms with Crippen LogP contribution < -0.4 is 10.1 Å². The summed E-state index contributed by atoms with van der Waals surface area (Å²) in [5, 5.41) is 5.31. The zero-order valence-electron chi connectivity index (χ0n) is 11.2. The molecule has 0 saturated heterocycles. The van der Waals surface area contributed by atoms with Gasteiger partial charge in [-0.25, -0.2) is 4.98 Å². The van der Waals surface area contributed by atoms with Gasteiger partial charge in [-0.1, -0.05) is 11.3 Å². The van der Waals surface area contributed by atoms with Gasteiger partial charge in [0.25, 0.3) is 0 Å². The van der Waals surface area contributed by atoms with E-state index in [9.17, 15) is 0 Å². The molecule has 0 radical (unpaired) electrons. The molecule has 0 fully saturated rings. The van der Waals surface area contributed by atoms with E-state index in [1.807, 2.05) is 40.0 Å². The Bertz CT molecular complexity index is 517. The summed E-state index contributed by atoms with van der Waals surface area (Å²) in [6.45, 7) is 6.07. The molecule has 0 bridgehead atoms. The second kappa shape index (κ2) is 5.40. The van der Waals surface area contributed by atoms with Gasteiger partial charge >= 0.3 is 0 Å². The number of rotatable bonds is 4. The van der Waals surface area contributed by atoms with Crippen molar-refractivity contribution < 1.29 is 4.74 Å². The maximum atomic E-state index is 5.63. The van der Waals surface area contributed by atoms with Crippen molar-refractivity contribution in [3.05, 3.63) is 30.0 Å². The molecule has 0 aliphatic rings. The van der Waals surface area contributed by atoms with E-state index in [-0.39, 0.29) is 6.10 Å². The van der Waals surface area contributed by atoms with Gasteiger partial charge in [0, 0.05) is 12.6 Å². The third-order valence-electron chi connectivity index (χ3n) is 2.50. The molecule has 18 heavy (non-hydrogen) atoms. The first kappa shape index (κ1) is 12.9. The summed E-state index contributed by atoms with van der Waals surface area (Å²) in [6.07, 6.45) is 0.203. The fourth-order valence-corrected chi connectivity index (χ4v) is 2.63. The summed E-state index contributed by atoms with van der Waals surface area (Å²) in [6, 6.07) is 8.08. The van der Waals surface area contributed by atoms with Crippen molar-refractivity contribution in [2.75, 3.05) is 12.4 Å². The molecule has 0 aliphatic carbocycles. The van der Waals surface area contributed by atoms with Crippen LogP contribution >= 0.6 is 11.3 Å². The Balaban J connectivity index is 2.22. The highest BCUT2D eigenvalue weighted by Gasteiger charge is 2.08. The van der Waals surface area contributed by atoms with Crippen molar-refractivity contribution in [1.82, 2.24) is 4.98 Å². The van der Waals surface area contributed by atoms with E-state index in [2.05, 4.69) is 22.4 Å². The highest BCUT2D eigenvalue weighted by atomic mass is 32.1. The first-order chi connectivity index (χ1) is 8.60. The number of aromatic nitrogens is 1. The molecule has 1 aromatic heterocycles. The molecule has 96 valence electrons. The lowest BCUT2D eigenvalue weighted by Gasteiger charge is -2.09. The van der Waals surface area contributed by atoms with Gasteiger partial charge in [0.1, 0.15) is 15.8 Å². The van der Waals surface area contributed by atoms with Crippen LogP contribution in [-0.4, -0.2) is 18.1 Å². The number of thiazole rings is 1. The van der Waals surface area contributed by atoms with Gasteiger partial charge < -0.3 is 10.1 Å². The molecule has 2 aromatic rings. The third-order valence-corrected chi connectivity index (χ3v) is 3.72. The zero-order valence-corrected chi connectivity index (χ0v) is 12.0. The summed E-state index contributed by atoms with van der Waals surface area (Å²) >= 11 is 1.67. The van der Waals surface area contributed by atoms with Crippen LogP contribution in [0.3, 0.4) is 0 Å². The molecular weight excluding hydrogens is 244 g/mol. The molecule has 1 heterocycles. The van der Waals surface area contributed by atoms with Crippen LogP contribution in [0.5, 0.6) is 5.75 Å². The van der Waals surface area contributed by atoms with Crippen molar-refractivity contribution in [1.29, 1.82) is 0 Å². The molecule has 0 amide bonds. The lowest BCUT2D eigenvalue weighted by molar-refractivity contribution is 0.242. The standard InChI is InChI=1S/C14H18N2OS/c1-9(2)17-12-7-5-11(6-8-12)14-16-10(3)13(15-4)18-14/h5-9,15H,1-4H3. The molecule has 0 atom stereocenters. The van der Waals surface area contributed by atoms with Gasteiger partial charge in [-0.15, -0.1) is 0 Å². The highest BCUT2D eigenvalue weighted by molar-refractivity contribution is 7.19. The number of anilines is 1. The molecule has 4 heteroatoms. The number of benzene rings is 1. The van der Waals surface area contributed by atoms with Crippen LogP contribution in [0.2, 0.25) is 0 Å². The minimum Gasteiger partial charge on any atom is -0.491 e. The maximum absolute atomic E-state index is 5.63. The molecule has 3 nitrogen and oxygen atoms in total. The fourth-order valence-electron chi connectivity index (χ4n) is 1.70. The van der Waals surface area contributed by atoms with Crippen molar-refractivity contribution in [2.45, 2.75) is 26.9 Å². The predicted molar refractivity (Wildman–Crippen MR) is 77.6 cm³/mol. The van der Waals surface area contributed by atoms with E-state index >= 15 is 0 Å². The van der Waals surface area contributed by atoms with E-state index in [0.29, 0.717) is 0 Å². The number of hydrogen-bond acceptors (Lipinski definition) is 4. The Kier molecular flexibility index (Phi) is 3.87. The Morgan fingerprint density at radius 2 is 1.89 bits per heavy atom. The number of nitrogens with zero attached hydrogens (tertiary/aromatic N) is 1. The number of nitrogens with one attached hydrogen (secondary N) is 1. The lowest BCUT2D eigenvalue weighted by atomic mass is 10.2. The molecule has 0 aliphatic heterocycles. The van der Waals surface area contributed by atoms with Crippen LogP contribution in [0, 0.1) is 6.92 Å². The maximum Gasteiger partial charge on any atom is 0.125 e. The molecule has 2 rings (SSSR count). The van der Waals surface area contributed by atoms with Gasteiger partial charge in [-0.3, -0.25) is 0 Å². The van der Waals surface area contributed by atoms with Gasteiger partial charge in [0.15, 0.2) is 0 Å². The fraction of sp³-hybridized carbons (Fsp3) is 0.357. The number of ether oxygens (including phenoxy) is 1. The van der Waals surface area contributed by atoms with Gasteiger partial charge in [-0.2, -0.15) is 0 Å². The second-order valence-corrected chi connectivity index (χ2v) is 5.37. The zero-order chi connectivity index (χ0) is 13.1. The number of hydrogen-bond donors (Lipinski definition) is 1. The Hall–Kier alpha value is -1.55. The minimum atomic E-state index is 0.203. The minimum absolute atomic E-state index is 0.203. The van der Waals surface area contributed by atoms with Crippen molar-refractivity contribution in [3.8, 4) is 16.3 Å². The Morgan fingerprint density at radius 1 is 1.22 bits per heavy atom. The Labute approximate surface area is 112 Å². The SMILES string of the molecule is CNc1sc(-c2ccc(OC(C)C)cc2)nc1C. The van der Waals surface area contributed by atoms with Crippen molar-refractivity contribution >= 4 is 16.3 Å². The molecule has 0 spiro atoms. The van der Waals surface area contributed by atoms with Crippen LogP contribution in [0.4, 0.5) is 5.00 Å². The quantitative estimate of drug-likeness (QED) is 0.906. The monoisotopic (exact) mass is 262 g/mol. The van der Waals surface area contributed by atoms with E-state index in [1.165, 1.54) is 0 Å². The summed E-state index contributed by atoms with van der Waals surface area (Å²) in [7, 11) is 1.92. The Morgan fingerprint density at radius 3 is 2.39 bits per heavy atom. The largest absolute Gasteiger partial charge is 0.491 e. The summed E-state index contributed by atoms with van der Waals surface area (Å²) in [4.78, 5) is 4.56. The molecule has 1 N–H and O–H groups in total. The number of aryl methyl sites for hydroxylation is 1. The first-order valence-electron chi connectivity index (χ1n) is 6.02. The third kappa shape index (κ3) is 2.82. The summed E-state index contributed by atoms with van der Waals surface area (Å²) in [5.74, 6) is 0.899. The molecular formula is C14H18N2OS. The van der Waals surface area contributed by atoms with Gasteiger partial charge in [0.2, 0.25) is 0 Å². The molecule has 1 aromatic carbocycles. The van der Waals surface area contributed by atoms with E-state index in [0.717, 1.165) is 27.0 Å². The predicted octanol–water partition coefficient (Wildman–Crippen LogP) is 3.95. The smallest absolute Gasteiger partial charge is 0.125 e. The van der Waals surface area contributed by atoms with Crippen molar-refractivity contribution in [2.24, 2.45) is 0 Å². The molecule has 0 unspecified atom stereocenters. The van der Waals surface area contributed by atoms with Crippen molar-refractivity contribution in [3.63, 3.8) is 0 Å². The highest BCUT2D eigenvalue weighted by Crippen LogP contribution is 2.32. The van der Waals surface area contributed by atoms with E-state index in [1.54, 1.807) is 11.3 Å². The lowest BCUT2D eigenvalue weighted by Crippen LogP contribution is -2.05. The van der Waals surface area contributed by atoms with Crippen LogP contribution in [0.25, 0.3) is 10.6 Å². The van der Waals surface area contributed by atoms with Crippen LogP contribution in [0.15, 0.2) is 24.3 Å².